The minimum absolute atomic E-state index is 0.162. The second kappa shape index (κ2) is 6.75. The molecule has 0 saturated heterocycles. The third kappa shape index (κ3) is 3.17. The molecule has 1 amide bonds. The highest BCUT2D eigenvalue weighted by molar-refractivity contribution is 5.99. The lowest BCUT2D eigenvalue weighted by atomic mass is 10.1. The van der Waals surface area contributed by atoms with Gasteiger partial charge in [0.1, 0.15) is 11.3 Å². The van der Waals surface area contributed by atoms with E-state index in [1.807, 2.05) is 24.3 Å². The Morgan fingerprint density at radius 3 is 2.75 bits per heavy atom. The van der Waals surface area contributed by atoms with Crippen LogP contribution in [-0.2, 0) is 0 Å². The smallest absolute Gasteiger partial charge is 0.256 e. The van der Waals surface area contributed by atoms with Gasteiger partial charge in [-0.2, -0.15) is 0 Å². The number of aromatic nitrogens is 1. The van der Waals surface area contributed by atoms with Crippen LogP contribution >= 0.6 is 0 Å². The highest BCUT2D eigenvalue weighted by Crippen LogP contribution is 2.25. The summed E-state index contributed by atoms with van der Waals surface area (Å²) in [4.78, 5) is 12.1. The van der Waals surface area contributed by atoms with Crippen LogP contribution in [-0.4, -0.2) is 24.7 Å². The lowest BCUT2D eigenvalue weighted by Crippen LogP contribution is -2.24. The average molecular weight is 274 g/mol. The number of nitrogens with zero attached hydrogens (tertiary/aromatic N) is 1. The largest absolute Gasteiger partial charge is 0.497 e. The molecule has 1 aromatic carbocycles. The topological polar surface area (TPSA) is 64.4 Å². The number of methoxy groups -OCH3 is 1. The SMILES string of the molecule is CCCCNC(=O)c1cnoc1-c1ccc(OC)cc1. The van der Waals surface area contributed by atoms with Crippen molar-refractivity contribution in [2.45, 2.75) is 19.8 Å². The van der Waals surface area contributed by atoms with Gasteiger partial charge in [-0.15, -0.1) is 0 Å². The van der Waals surface area contributed by atoms with Gasteiger partial charge in [-0.1, -0.05) is 18.5 Å². The normalized spacial score (nSPS) is 10.3. The monoisotopic (exact) mass is 274 g/mol. The standard InChI is InChI=1S/C15H18N2O3/c1-3-4-9-16-15(18)13-10-17-20-14(13)11-5-7-12(19-2)8-6-11/h5-8,10H,3-4,9H2,1-2H3,(H,16,18). The lowest BCUT2D eigenvalue weighted by Gasteiger charge is -2.04. The number of amides is 1. The maximum Gasteiger partial charge on any atom is 0.256 e. The second-order valence-corrected chi connectivity index (χ2v) is 4.41. The quantitative estimate of drug-likeness (QED) is 0.823. The van der Waals surface area contributed by atoms with Gasteiger partial charge >= 0.3 is 0 Å². The molecular weight excluding hydrogens is 256 g/mol. The zero-order valence-corrected chi connectivity index (χ0v) is 11.7. The van der Waals surface area contributed by atoms with E-state index in [2.05, 4.69) is 17.4 Å². The Morgan fingerprint density at radius 2 is 2.10 bits per heavy atom. The molecule has 0 radical (unpaired) electrons. The zero-order chi connectivity index (χ0) is 14.4. The molecule has 106 valence electrons. The number of ether oxygens (including phenoxy) is 1. The van der Waals surface area contributed by atoms with E-state index in [0.717, 1.165) is 24.2 Å². The molecule has 0 fully saturated rings. The Kier molecular flexibility index (Phi) is 4.76. The zero-order valence-electron chi connectivity index (χ0n) is 11.7. The van der Waals surface area contributed by atoms with Gasteiger partial charge in [0.2, 0.25) is 0 Å². The molecule has 0 spiro atoms. The summed E-state index contributed by atoms with van der Waals surface area (Å²) >= 11 is 0. The van der Waals surface area contributed by atoms with Crippen molar-refractivity contribution in [1.82, 2.24) is 10.5 Å². The molecule has 2 aromatic rings. The van der Waals surface area contributed by atoms with Crippen LogP contribution in [0.25, 0.3) is 11.3 Å². The molecule has 1 heterocycles. The van der Waals surface area contributed by atoms with Crippen LogP contribution in [0.1, 0.15) is 30.1 Å². The van der Waals surface area contributed by atoms with Crippen molar-refractivity contribution in [2.24, 2.45) is 0 Å². The van der Waals surface area contributed by atoms with Gasteiger partial charge < -0.3 is 14.6 Å². The Morgan fingerprint density at radius 1 is 1.35 bits per heavy atom. The molecule has 0 unspecified atom stereocenters. The highest BCUT2D eigenvalue weighted by Gasteiger charge is 2.17. The number of carbonyl (C=O) groups excluding carboxylic acids is 1. The van der Waals surface area contributed by atoms with Gasteiger partial charge in [0.25, 0.3) is 5.91 Å². The Hall–Kier alpha value is -2.30. The van der Waals surface area contributed by atoms with Crippen LogP contribution < -0.4 is 10.1 Å². The van der Waals surface area contributed by atoms with Gasteiger partial charge in [-0.3, -0.25) is 4.79 Å². The van der Waals surface area contributed by atoms with Gasteiger partial charge in [-0.05, 0) is 30.7 Å². The molecule has 0 atom stereocenters. The summed E-state index contributed by atoms with van der Waals surface area (Å²) in [7, 11) is 1.61. The maximum atomic E-state index is 12.1. The Bertz CT molecular complexity index is 561. The van der Waals surface area contributed by atoms with Crippen molar-refractivity contribution in [2.75, 3.05) is 13.7 Å². The van der Waals surface area contributed by atoms with Gasteiger partial charge in [0, 0.05) is 12.1 Å². The fraction of sp³-hybridized carbons (Fsp3) is 0.333. The van der Waals surface area contributed by atoms with Gasteiger partial charge in [0.05, 0.1) is 13.3 Å². The minimum Gasteiger partial charge on any atom is -0.497 e. The van der Waals surface area contributed by atoms with E-state index in [1.165, 1.54) is 6.20 Å². The first-order valence-corrected chi connectivity index (χ1v) is 6.63. The van der Waals surface area contributed by atoms with E-state index in [-0.39, 0.29) is 5.91 Å². The molecule has 5 heteroatoms. The van der Waals surface area contributed by atoms with E-state index in [4.69, 9.17) is 9.26 Å². The molecule has 20 heavy (non-hydrogen) atoms. The number of carbonyl (C=O) groups is 1. The first kappa shape index (κ1) is 14.1. The number of nitrogens with one attached hydrogen (secondary N) is 1. The molecule has 2 rings (SSSR count). The molecule has 0 aliphatic carbocycles. The van der Waals surface area contributed by atoms with Crippen LogP contribution in [0.15, 0.2) is 35.0 Å². The molecule has 1 N–H and O–H groups in total. The molecule has 1 aromatic heterocycles. The molecular formula is C15H18N2O3. The fourth-order valence-electron chi connectivity index (χ4n) is 1.83. The van der Waals surface area contributed by atoms with Gasteiger partial charge in [-0.25, -0.2) is 0 Å². The van der Waals surface area contributed by atoms with E-state index < -0.39 is 0 Å². The molecule has 0 aliphatic heterocycles. The lowest BCUT2D eigenvalue weighted by molar-refractivity contribution is 0.0953. The second-order valence-electron chi connectivity index (χ2n) is 4.41. The molecule has 5 nitrogen and oxygen atoms in total. The van der Waals surface area contributed by atoms with Crippen molar-refractivity contribution in [3.8, 4) is 17.1 Å². The molecule has 0 bridgehead atoms. The maximum absolute atomic E-state index is 12.1. The van der Waals surface area contributed by atoms with Crippen molar-refractivity contribution in [3.63, 3.8) is 0 Å². The number of rotatable bonds is 6. The van der Waals surface area contributed by atoms with Crippen LogP contribution in [0.4, 0.5) is 0 Å². The van der Waals surface area contributed by atoms with Gasteiger partial charge in [0.15, 0.2) is 5.76 Å². The van der Waals surface area contributed by atoms with E-state index in [0.29, 0.717) is 17.9 Å². The van der Waals surface area contributed by atoms with Crippen LogP contribution in [0, 0.1) is 0 Å². The minimum atomic E-state index is -0.162. The average Bonchev–Trinajstić information content (AvgIpc) is 2.97. The highest BCUT2D eigenvalue weighted by atomic mass is 16.5. The molecule has 0 aliphatic rings. The summed E-state index contributed by atoms with van der Waals surface area (Å²) < 4.78 is 10.3. The van der Waals surface area contributed by atoms with Crippen molar-refractivity contribution < 1.29 is 14.1 Å². The summed E-state index contributed by atoms with van der Waals surface area (Å²) in [5.41, 5.74) is 1.25. The molecule has 0 saturated carbocycles. The van der Waals surface area contributed by atoms with E-state index >= 15 is 0 Å². The summed E-state index contributed by atoms with van der Waals surface area (Å²) in [6.07, 6.45) is 3.44. The van der Waals surface area contributed by atoms with Crippen molar-refractivity contribution in [3.05, 3.63) is 36.0 Å². The third-order valence-corrected chi connectivity index (χ3v) is 2.98. The van der Waals surface area contributed by atoms with Crippen molar-refractivity contribution in [1.29, 1.82) is 0 Å². The fourth-order valence-corrected chi connectivity index (χ4v) is 1.83. The van der Waals surface area contributed by atoms with Crippen LogP contribution in [0.5, 0.6) is 5.75 Å². The first-order chi connectivity index (χ1) is 9.76. The van der Waals surface area contributed by atoms with Crippen LogP contribution in [0.2, 0.25) is 0 Å². The number of benzene rings is 1. The predicted molar refractivity (Wildman–Crippen MR) is 75.7 cm³/mol. The van der Waals surface area contributed by atoms with E-state index in [1.54, 1.807) is 7.11 Å². The van der Waals surface area contributed by atoms with E-state index in [9.17, 15) is 4.79 Å². The summed E-state index contributed by atoms with van der Waals surface area (Å²) in [6.45, 7) is 2.73. The summed E-state index contributed by atoms with van der Waals surface area (Å²) in [5.74, 6) is 1.06. The third-order valence-electron chi connectivity index (χ3n) is 2.98. The first-order valence-electron chi connectivity index (χ1n) is 6.63. The Labute approximate surface area is 117 Å². The number of hydrogen-bond acceptors (Lipinski definition) is 4. The van der Waals surface area contributed by atoms with Crippen LogP contribution in [0.3, 0.4) is 0 Å². The summed E-state index contributed by atoms with van der Waals surface area (Å²) in [5, 5.41) is 6.58. The Balaban J connectivity index is 2.16. The number of unbranched alkanes of at least 4 members (excludes halogenated alkanes) is 1. The predicted octanol–water partition coefficient (Wildman–Crippen LogP) is 2.88. The number of hydrogen-bond donors (Lipinski definition) is 1. The van der Waals surface area contributed by atoms with Crippen molar-refractivity contribution >= 4 is 5.91 Å². The summed E-state index contributed by atoms with van der Waals surface area (Å²) in [6, 6.07) is 7.30.